The lowest BCUT2D eigenvalue weighted by Crippen LogP contribution is -2.29. The Labute approximate surface area is 456 Å². The van der Waals surface area contributed by atoms with Gasteiger partial charge in [-0.05, 0) is 197 Å². The van der Waals surface area contributed by atoms with Crippen LogP contribution in [0.5, 0.6) is 0 Å². The van der Waals surface area contributed by atoms with Crippen LogP contribution >= 0.6 is 0 Å². The first-order valence-corrected chi connectivity index (χ1v) is 27.5. The number of benzene rings is 9. The van der Waals surface area contributed by atoms with Crippen molar-refractivity contribution < 1.29 is 0 Å². The van der Waals surface area contributed by atoms with Crippen LogP contribution in [-0.4, -0.2) is 0 Å². The largest absolute Gasteiger partial charge is 0.310 e. The van der Waals surface area contributed by atoms with E-state index in [0.717, 1.165) is 22.7 Å². The van der Waals surface area contributed by atoms with E-state index in [1.807, 2.05) is 0 Å². The fourth-order valence-electron chi connectivity index (χ4n) is 12.0. The van der Waals surface area contributed by atoms with Crippen LogP contribution in [0, 0.1) is 48.5 Å². The van der Waals surface area contributed by atoms with Gasteiger partial charge in [-0.3, -0.25) is 0 Å². The van der Waals surface area contributed by atoms with Crippen LogP contribution in [-0.2, 0) is 21.7 Å². The smallest absolute Gasteiger partial charge is 0.0713 e. The summed E-state index contributed by atoms with van der Waals surface area (Å²) < 4.78 is 0. The average Bonchev–Trinajstić information content (AvgIpc) is 3.76. The highest BCUT2D eigenvalue weighted by Gasteiger charge is 2.46. The van der Waals surface area contributed by atoms with Gasteiger partial charge < -0.3 is 9.80 Å². The van der Waals surface area contributed by atoms with Crippen LogP contribution in [0.25, 0.3) is 22.3 Å². The fraction of sp³-hybridized carbons (Fsp3) is 0.270. The molecule has 0 aromatic heterocycles. The molecular weight excluding hydrogens is 917 g/mol. The third-order valence-corrected chi connectivity index (χ3v) is 16.2. The zero-order chi connectivity index (χ0) is 54.2. The van der Waals surface area contributed by atoms with Gasteiger partial charge in [-0.15, -0.1) is 0 Å². The molecule has 0 N–H and O–H groups in total. The van der Waals surface area contributed by atoms with Crippen molar-refractivity contribution in [3.05, 3.63) is 260 Å². The Morgan fingerprint density at radius 1 is 0.289 bits per heavy atom. The number of anilines is 6. The number of hydrogen-bond acceptors (Lipinski definition) is 2. The maximum atomic E-state index is 2.48. The fourth-order valence-corrected chi connectivity index (χ4v) is 12.0. The Bertz CT molecular complexity index is 3510. The van der Waals surface area contributed by atoms with E-state index in [0.29, 0.717) is 0 Å². The lowest BCUT2D eigenvalue weighted by atomic mass is 9.67. The number of hydrogen-bond donors (Lipinski definition) is 0. The molecule has 0 aliphatic heterocycles. The van der Waals surface area contributed by atoms with Crippen molar-refractivity contribution in [2.75, 3.05) is 9.80 Å². The SMILES string of the molecule is Cc1ccc(C2(c3ccc(N(c4ccc(-c5ccc(N(c6ccc(C(C)(C)C)cc6)c6c(C)cc(C(C)(C)C)cc6C)cc5)cc4)c4c(C)cc(C(C)(C)C)cc4C)cc3)c3cc(C)ccc3-c3ccc(C)cc32)cc1. The maximum absolute atomic E-state index is 2.48. The molecule has 0 spiro atoms. The second-order valence-corrected chi connectivity index (χ2v) is 25.2. The van der Waals surface area contributed by atoms with Gasteiger partial charge in [-0.25, -0.2) is 0 Å². The summed E-state index contributed by atoms with van der Waals surface area (Å²) >= 11 is 0. The molecule has 10 rings (SSSR count). The summed E-state index contributed by atoms with van der Waals surface area (Å²) in [4.78, 5) is 4.93. The molecule has 0 heterocycles. The van der Waals surface area contributed by atoms with E-state index >= 15 is 0 Å². The van der Waals surface area contributed by atoms with Gasteiger partial charge in [-0.2, -0.15) is 0 Å². The zero-order valence-corrected chi connectivity index (χ0v) is 48.2. The minimum atomic E-state index is -0.486. The van der Waals surface area contributed by atoms with Crippen molar-refractivity contribution in [1.29, 1.82) is 0 Å². The van der Waals surface area contributed by atoms with E-state index in [1.54, 1.807) is 0 Å². The number of fused-ring (bicyclic) bond motifs is 3. The van der Waals surface area contributed by atoms with Crippen LogP contribution in [0.1, 0.15) is 140 Å². The van der Waals surface area contributed by atoms with Gasteiger partial charge in [-0.1, -0.05) is 212 Å². The first-order valence-electron chi connectivity index (χ1n) is 27.5. The van der Waals surface area contributed by atoms with Gasteiger partial charge >= 0.3 is 0 Å². The third kappa shape index (κ3) is 9.40. The van der Waals surface area contributed by atoms with Crippen molar-refractivity contribution in [3.8, 4) is 22.3 Å². The Balaban J connectivity index is 1.07. The molecule has 2 nitrogen and oxygen atoms in total. The predicted octanol–water partition coefficient (Wildman–Crippen LogP) is 20.7. The van der Waals surface area contributed by atoms with Crippen LogP contribution in [0.2, 0.25) is 0 Å². The predicted molar refractivity (Wildman–Crippen MR) is 328 cm³/mol. The van der Waals surface area contributed by atoms with Crippen molar-refractivity contribution >= 4 is 34.1 Å². The molecule has 76 heavy (non-hydrogen) atoms. The minimum absolute atomic E-state index is 0.0229. The third-order valence-electron chi connectivity index (χ3n) is 16.2. The van der Waals surface area contributed by atoms with Crippen LogP contribution in [0.15, 0.2) is 182 Å². The molecule has 0 amide bonds. The molecule has 0 saturated heterocycles. The van der Waals surface area contributed by atoms with E-state index in [1.165, 1.54) is 112 Å². The highest BCUT2D eigenvalue weighted by Crippen LogP contribution is 2.57. The number of aryl methyl sites for hydroxylation is 7. The van der Waals surface area contributed by atoms with Gasteiger partial charge in [0.1, 0.15) is 0 Å². The van der Waals surface area contributed by atoms with Crippen molar-refractivity contribution in [2.45, 2.75) is 132 Å². The Hall–Kier alpha value is -7.42. The molecule has 2 heteroatoms. The zero-order valence-electron chi connectivity index (χ0n) is 48.2. The van der Waals surface area contributed by atoms with Gasteiger partial charge in [0.25, 0.3) is 0 Å². The molecule has 0 bridgehead atoms. The molecule has 1 aliphatic rings. The lowest BCUT2D eigenvalue weighted by Gasteiger charge is -2.35. The molecule has 0 fully saturated rings. The molecule has 9 aromatic carbocycles. The number of nitrogens with zero attached hydrogens (tertiary/aromatic N) is 2. The summed E-state index contributed by atoms with van der Waals surface area (Å²) in [7, 11) is 0. The highest BCUT2D eigenvalue weighted by molar-refractivity contribution is 5.88. The van der Waals surface area contributed by atoms with Gasteiger partial charge in [0, 0.05) is 22.7 Å². The topological polar surface area (TPSA) is 6.48 Å². The van der Waals surface area contributed by atoms with Crippen LogP contribution in [0.4, 0.5) is 34.1 Å². The monoisotopic (exact) mass is 995 g/mol. The summed E-state index contributed by atoms with van der Waals surface area (Å²) in [5.41, 5.74) is 29.7. The molecule has 0 saturated carbocycles. The minimum Gasteiger partial charge on any atom is -0.310 e. The van der Waals surface area contributed by atoms with E-state index in [2.05, 4.69) is 303 Å². The van der Waals surface area contributed by atoms with Crippen molar-refractivity contribution in [3.63, 3.8) is 0 Å². The molecule has 1 aliphatic carbocycles. The molecule has 0 atom stereocenters. The molecule has 384 valence electrons. The Morgan fingerprint density at radius 3 is 0.908 bits per heavy atom. The summed E-state index contributed by atoms with van der Waals surface area (Å²) in [5, 5.41) is 0. The number of rotatable bonds is 9. The first-order chi connectivity index (χ1) is 35.9. The standard InChI is InChI=1S/C74H78N2/c1-47-17-25-57(26-18-47)74(67-41-48(2)19-39-65(67)66-40-20-49(3)42-68(66)74)58-29-37-64(38-30-58)76(70-52(6)45-60(46-53(70)7)73(14,15)16)62-33-23-55(24-34-62)54-21-31-61(32-22-54)75(63-35-27-56(28-36-63)71(8,9)10)69-50(4)43-59(44-51(69)5)72(11,12)13/h17-46H,1-16H3. The molecule has 9 aromatic rings. The molecule has 0 unspecified atom stereocenters. The summed E-state index contributed by atoms with van der Waals surface area (Å²) in [6.07, 6.45) is 0. The van der Waals surface area contributed by atoms with Gasteiger partial charge in [0.2, 0.25) is 0 Å². The first kappa shape index (κ1) is 52.0. The average molecular weight is 995 g/mol. The van der Waals surface area contributed by atoms with Crippen molar-refractivity contribution in [2.24, 2.45) is 0 Å². The van der Waals surface area contributed by atoms with E-state index in [-0.39, 0.29) is 16.2 Å². The second kappa shape index (κ2) is 19.3. The van der Waals surface area contributed by atoms with E-state index in [9.17, 15) is 0 Å². The maximum Gasteiger partial charge on any atom is 0.0713 e. The molecule has 0 radical (unpaired) electrons. The van der Waals surface area contributed by atoms with Crippen LogP contribution < -0.4 is 9.80 Å². The quantitative estimate of drug-likeness (QED) is 0.142. The van der Waals surface area contributed by atoms with E-state index in [4.69, 9.17) is 0 Å². The van der Waals surface area contributed by atoms with Gasteiger partial charge in [0.05, 0.1) is 16.8 Å². The Kier molecular flexibility index (Phi) is 13.2. The summed E-state index contributed by atoms with van der Waals surface area (Å²) in [6.45, 7) is 36.4. The Morgan fingerprint density at radius 2 is 0.579 bits per heavy atom. The summed E-state index contributed by atoms with van der Waals surface area (Å²) in [5.74, 6) is 0. The highest BCUT2D eigenvalue weighted by atomic mass is 15.2. The molecular formula is C74H78N2. The lowest BCUT2D eigenvalue weighted by molar-refractivity contribution is 0.589. The normalized spacial score (nSPS) is 13.1. The van der Waals surface area contributed by atoms with E-state index < -0.39 is 5.41 Å². The van der Waals surface area contributed by atoms with Gasteiger partial charge in [0.15, 0.2) is 0 Å². The second-order valence-electron chi connectivity index (χ2n) is 25.2. The van der Waals surface area contributed by atoms with Crippen LogP contribution in [0.3, 0.4) is 0 Å². The summed E-state index contributed by atoms with van der Waals surface area (Å²) in [6, 6.07) is 70.0. The van der Waals surface area contributed by atoms with Crippen molar-refractivity contribution in [1.82, 2.24) is 0 Å².